The summed E-state index contributed by atoms with van der Waals surface area (Å²) in [4.78, 5) is 13.0. The molecule has 1 spiro atoms. The Balaban J connectivity index is 1.79. The maximum absolute atomic E-state index is 10.6. The molecule has 0 atom stereocenters. The predicted molar refractivity (Wildman–Crippen MR) is 55.7 cm³/mol. The summed E-state index contributed by atoms with van der Waals surface area (Å²) in [5.41, 5.74) is 2.66. The monoisotopic (exact) mass is 187 g/mol. The van der Waals surface area contributed by atoms with Gasteiger partial charge >= 0.3 is 0 Å². The zero-order valence-corrected chi connectivity index (χ0v) is 8.07. The maximum Gasteiger partial charge on any atom is 0.150 e. The van der Waals surface area contributed by atoms with Gasteiger partial charge in [-0.2, -0.15) is 0 Å². The highest BCUT2D eigenvalue weighted by Gasteiger charge is 2.52. The van der Waals surface area contributed by atoms with Crippen LogP contribution in [0.15, 0.2) is 24.3 Å². The second-order valence-corrected chi connectivity index (χ2v) is 4.57. The summed E-state index contributed by atoms with van der Waals surface area (Å²) in [6, 6.07) is 7.87. The Hall–Kier alpha value is -1.31. The molecular formula is C12H13NO. The van der Waals surface area contributed by atoms with E-state index in [1.807, 2.05) is 18.2 Å². The molecule has 2 nitrogen and oxygen atoms in total. The van der Waals surface area contributed by atoms with E-state index in [1.54, 1.807) is 0 Å². The van der Waals surface area contributed by atoms with Crippen LogP contribution >= 0.6 is 0 Å². The Morgan fingerprint density at radius 1 is 1.29 bits per heavy atom. The van der Waals surface area contributed by atoms with Gasteiger partial charge in [0.2, 0.25) is 0 Å². The van der Waals surface area contributed by atoms with Crippen LogP contribution in [-0.4, -0.2) is 19.4 Å². The van der Waals surface area contributed by atoms with E-state index >= 15 is 0 Å². The molecule has 2 heteroatoms. The number of hydrogen-bond acceptors (Lipinski definition) is 2. The van der Waals surface area contributed by atoms with Gasteiger partial charge in [0.05, 0.1) is 0 Å². The Kier molecular flexibility index (Phi) is 1.49. The lowest BCUT2D eigenvalue weighted by atomic mass is 9.96. The molecule has 1 saturated heterocycles. The van der Waals surface area contributed by atoms with Crippen molar-refractivity contribution in [3.8, 4) is 0 Å². The standard InChI is InChI=1S/C12H13NO/c14-7-10-2-1-3-11(6-10)13-8-12(9-13)4-5-12/h1-3,6-7H,4-5,8-9H2. The van der Waals surface area contributed by atoms with E-state index in [0.717, 1.165) is 11.8 Å². The number of carbonyl (C=O) groups is 1. The van der Waals surface area contributed by atoms with Crippen LogP contribution in [0, 0.1) is 5.41 Å². The summed E-state index contributed by atoms with van der Waals surface area (Å²) < 4.78 is 0. The number of aldehydes is 1. The summed E-state index contributed by atoms with van der Waals surface area (Å²) in [5.74, 6) is 0. The van der Waals surface area contributed by atoms with Crippen LogP contribution in [0.2, 0.25) is 0 Å². The van der Waals surface area contributed by atoms with Crippen molar-refractivity contribution >= 4 is 12.0 Å². The van der Waals surface area contributed by atoms with Gasteiger partial charge in [-0.25, -0.2) is 0 Å². The van der Waals surface area contributed by atoms with Crippen molar-refractivity contribution in [2.24, 2.45) is 5.41 Å². The van der Waals surface area contributed by atoms with E-state index < -0.39 is 0 Å². The minimum absolute atomic E-state index is 0.678. The van der Waals surface area contributed by atoms with Crippen LogP contribution in [0.4, 0.5) is 5.69 Å². The van der Waals surface area contributed by atoms with Crippen LogP contribution in [0.25, 0.3) is 0 Å². The number of nitrogens with zero attached hydrogens (tertiary/aromatic N) is 1. The lowest BCUT2D eigenvalue weighted by Crippen LogP contribution is -2.48. The van der Waals surface area contributed by atoms with Crippen molar-refractivity contribution < 1.29 is 4.79 Å². The third-order valence-electron chi connectivity index (χ3n) is 3.38. The van der Waals surface area contributed by atoms with Gasteiger partial charge in [0, 0.05) is 29.8 Å². The van der Waals surface area contributed by atoms with E-state index in [2.05, 4.69) is 11.0 Å². The quantitative estimate of drug-likeness (QED) is 0.661. The molecule has 14 heavy (non-hydrogen) atoms. The Labute approximate surface area is 83.5 Å². The van der Waals surface area contributed by atoms with Crippen LogP contribution in [0.1, 0.15) is 23.2 Å². The second-order valence-electron chi connectivity index (χ2n) is 4.57. The van der Waals surface area contributed by atoms with Crippen molar-refractivity contribution in [3.63, 3.8) is 0 Å². The zero-order valence-electron chi connectivity index (χ0n) is 8.07. The minimum atomic E-state index is 0.678. The smallest absolute Gasteiger partial charge is 0.150 e. The van der Waals surface area contributed by atoms with Crippen LogP contribution in [0.5, 0.6) is 0 Å². The molecule has 2 aliphatic rings. The molecule has 0 bridgehead atoms. The van der Waals surface area contributed by atoms with Crippen molar-refractivity contribution in [1.82, 2.24) is 0 Å². The number of anilines is 1. The number of rotatable bonds is 2. The van der Waals surface area contributed by atoms with Gasteiger partial charge in [0.15, 0.2) is 0 Å². The van der Waals surface area contributed by atoms with Crippen molar-refractivity contribution in [2.75, 3.05) is 18.0 Å². The summed E-state index contributed by atoms with van der Waals surface area (Å²) in [6.45, 7) is 2.38. The minimum Gasteiger partial charge on any atom is -0.370 e. The molecule has 0 radical (unpaired) electrons. The Bertz CT molecular complexity index is 374. The maximum atomic E-state index is 10.6. The SMILES string of the molecule is O=Cc1cccc(N2CC3(CC3)C2)c1. The molecule has 0 N–H and O–H groups in total. The number of benzene rings is 1. The van der Waals surface area contributed by atoms with Crippen molar-refractivity contribution in [2.45, 2.75) is 12.8 Å². The fraction of sp³-hybridized carbons (Fsp3) is 0.417. The van der Waals surface area contributed by atoms with E-state index in [9.17, 15) is 4.79 Å². The third kappa shape index (κ3) is 1.14. The normalized spacial score (nSPS) is 21.9. The number of hydrogen-bond donors (Lipinski definition) is 0. The lowest BCUT2D eigenvalue weighted by molar-refractivity contribution is 0.112. The molecule has 0 aromatic heterocycles. The summed E-state index contributed by atoms with van der Waals surface area (Å²) in [5, 5.41) is 0. The molecule has 1 aliphatic carbocycles. The van der Waals surface area contributed by atoms with Gasteiger partial charge in [-0.1, -0.05) is 12.1 Å². The van der Waals surface area contributed by atoms with Gasteiger partial charge < -0.3 is 4.90 Å². The molecule has 0 unspecified atom stereocenters. The van der Waals surface area contributed by atoms with Crippen LogP contribution in [-0.2, 0) is 0 Å². The molecule has 1 heterocycles. The Morgan fingerprint density at radius 2 is 2.07 bits per heavy atom. The van der Waals surface area contributed by atoms with E-state index in [4.69, 9.17) is 0 Å². The predicted octanol–water partition coefficient (Wildman–Crippen LogP) is 2.10. The molecule has 1 aliphatic heterocycles. The molecule has 2 fully saturated rings. The first-order valence-corrected chi connectivity index (χ1v) is 5.12. The van der Waals surface area contributed by atoms with E-state index in [1.165, 1.54) is 31.6 Å². The number of carbonyl (C=O) groups excluding carboxylic acids is 1. The molecule has 72 valence electrons. The van der Waals surface area contributed by atoms with Crippen LogP contribution < -0.4 is 4.90 Å². The highest BCUT2D eigenvalue weighted by molar-refractivity contribution is 5.77. The van der Waals surface area contributed by atoms with Gasteiger partial charge in [-0.15, -0.1) is 0 Å². The first-order chi connectivity index (χ1) is 6.81. The van der Waals surface area contributed by atoms with Crippen molar-refractivity contribution in [3.05, 3.63) is 29.8 Å². The lowest BCUT2D eigenvalue weighted by Gasteiger charge is -2.42. The fourth-order valence-corrected chi connectivity index (χ4v) is 2.23. The highest BCUT2D eigenvalue weighted by atomic mass is 16.1. The molecule has 3 rings (SSSR count). The second kappa shape index (κ2) is 2.59. The van der Waals surface area contributed by atoms with Crippen molar-refractivity contribution in [1.29, 1.82) is 0 Å². The Morgan fingerprint density at radius 3 is 2.71 bits per heavy atom. The van der Waals surface area contributed by atoms with Gasteiger partial charge in [-0.05, 0) is 25.0 Å². The van der Waals surface area contributed by atoms with E-state index in [0.29, 0.717) is 5.41 Å². The summed E-state index contributed by atoms with van der Waals surface area (Å²) >= 11 is 0. The van der Waals surface area contributed by atoms with Gasteiger partial charge in [0.1, 0.15) is 6.29 Å². The van der Waals surface area contributed by atoms with Crippen LogP contribution in [0.3, 0.4) is 0 Å². The topological polar surface area (TPSA) is 20.3 Å². The van der Waals surface area contributed by atoms with Gasteiger partial charge in [0.25, 0.3) is 0 Å². The van der Waals surface area contributed by atoms with Gasteiger partial charge in [-0.3, -0.25) is 4.79 Å². The molecule has 1 aromatic carbocycles. The molecule has 1 saturated carbocycles. The molecular weight excluding hydrogens is 174 g/mol. The fourth-order valence-electron chi connectivity index (χ4n) is 2.23. The molecule has 1 aromatic rings. The summed E-state index contributed by atoms with van der Waals surface area (Å²) in [6.07, 6.45) is 3.71. The first-order valence-electron chi connectivity index (χ1n) is 5.12. The highest BCUT2D eigenvalue weighted by Crippen LogP contribution is 2.53. The first kappa shape index (κ1) is 8.04. The average molecular weight is 187 g/mol. The zero-order chi connectivity index (χ0) is 9.60. The average Bonchev–Trinajstić information content (AvgIpc) is 2.95. The third-order valence-corrected chi connectivity index (χ3v) is 3.38. The van der Waals surface area contributed by atoms with E-state index in [-0.39, 0.29) is 0 Å². The largest absolute Gasteiger partial charge is 0.370 e. The summed E-state index contributed by atoms with van der Waals surface area (Å²) in [7, 11) is 0. The molecule has 0 amide bonds.